The second kappa shape index (κ2) is 12.9. The molecular formula is C27H38ClF3. The Morgan fingerprint density at radius 3 is 1.77 bits per heavy atom. The van der Waals surface area contributed by atoms with Crippen LogP contribution in [0.2, 0.25) is 5.02 Å². The quantitative estimate of drug-likeness (QED) is 0.187. The van der Waals surface area contributed by atoms with Crippen molar-refractivity contribution in [3.63, 3.8) is 0 Å². The van der Waals surface area contributed by atoms with Crippen LogP contribution >= 0.6 is 11.6 Å². The normalized spacial score (nSPS) is 27.1. The molecular weight excluding hydrogens is 417 g/mol. The van der Waals surface area contributed by atoms with E-state index in [0.717, 1.165) is 42.6 Å². The highest BCUT2D eigenvalue weighted by Crippen LogP contribution is 2.41. The molecule has 0 bridgehead atoms. The van der Waals surface area contributed by atoms with Gasteiger partial charge in [0, 0.05) is 0 Å². The molecule has 1 aromatic carbocycles. The third-order valence-corrected chi connectivity index (χ3v) is 8.06. The fourth-order valence-electron chi connectivity index (χ4n) is 5.70. The van der Waals surface area contributed by atoms with Crippen molar-refractivity contribution in [1.29, 1.82) is 0 Å². The molecule has 0 heterocycles. The first-order valence-corrected chi connectivity index (χ1v) is 12.8. The Balaban J connectivity index is 1.29. The summed E-state index contributed by atoms with van der Waals surface area (Å²) in [5.41, 5.74) is 0.772. The van der Waals surface area contributed by atoms with Gasteiger partial charge in [0.05, 0.1) is 6.67 Å². The second-order valence-corrected chi connectivity index (χ2v) is 10.2. The van der Waals surface area contributed by atoms with Crippen molar-refractivity contribution < 1.29 is 13.2 Å². The zero-order chi connectivity index (χ0) is 22.1. The molecule has 3 rings (SSSR count). The zero-order valence-electron chi connectivity index (χ0n) is 18.7. The van der Waals surface area contributed by atoms with Crippen LogP contribution in [0, 0.1) is 29.4 Å². The van der Waals surface area contributed by atoms with Gasteiger partial charge in [-0.3, -0.25) is 4.39 Å². The van der Waals surface area contributed by atoms with Gasteiger partial charge in [-0.15, -0.1) is 0 Å². The number of hydrogen-bond donors (Lipinski definition) is 0. The van der Waals surface area contributed by atoms with E-state index in [0.29, 0.717) is 6.42 Å². The third kappa shape index (κ3) is 7.84. The van der Waals surface area contributed by atoms with Gasteiger partial charge in [-0.05, 0) is 86.3 Å². The highest BCUT2D eigenvalue weighted by Gasteiger charge is 2.26. The van der Waals surface area contributed by atoms with Crippen molar-refractivity contribution in [3.8, 4) is 0 Å². The lowest BCUT2D eigenvalue weighted by Gasteiger charge is -2.32. The number of benzene rings is 1. The first kappa shape index (κ1) is 24.7. The van der Waals surface area contributed by atoms with Crippen molar-refractivity contribution in [3.05, 3.63) is 46.5 Å². The van der Waals surface area contributed by atoms with E-state index >= 15 is 0 Å². The summed E-state index contributed by atoms with van der Waals surface area (Å²) in [5, 5.41) is -0.391. The van der Waals surface area contributed by atoms with Crippen LogP contribution < -0.4 is 0 Å². The van der Waals surface area contributed by atoms with Gasteiger partial charge in [-0.25, -0.2) is 8.78 Å². The molecule has 0 aliphatic heterocycles. The highest BCUT2D eigenvalue weighted by atomic mass is 35.5. The molecule has 0 atom stereocenters. The average Bonchev–Trinajstić information content (AvgIpc) is 2.79. The van der Waals surface area contributed by atoms with E-state index in [1.807, 2.05) is 6.08 Å². The molecule has 0 nitrogen and oxygen atoms in total. The fraction of sp³-hybridized carbons (Fsp3) is 0.704. The Kier molecular flexibility index (Phi) is 10.3. The van der Waals surface area contributed by atoms with E-state index < -0.39 is 16.7 Å². The summed E-state index contributed by atoms with van der Waals surface area (Å²) in [6.45, 7) is -0.246. The Morgan fingerprint density at radius 1 is 0.742 bits per heavy atom. The topological polar surface area (TPSA) is 0 Å². The fourth-order valence-corrected chi connectivity index (χ4v) is 5.81. The minimum Gasteiger partial charge on any atom is -0.251 e. The van der Waals surface area contributed by atoms with Crippen molar-refractivity contribution in [2.45, 2.75) is 95.8 Å². The summed E-state index contributed by atoms with van der Waals surface area (Å²) in [6, 6.07) is 2.85. The van der Waals surface area contributed by atoms with Crippen LogP contribution in [0.3, 0.4) is 0 Å². The van der Waals surface area contributed by atoms with E-state index in [-0.39, 0.29) is 12.6 Å². The van der Waals surface area contributed by atoms with E-state index in [4.69, 9.17) is 11.6 Å². The van der Waals surface area contributed by atoms with Crippen LogP contribution in [0.5, 0.6) is 0 Å². The summed E-state index contributed by atoms with van der Waals surface area (Å²) in [6.07, 6.45) is 20.9. The van der Waals surface area contributed by atoms with Crippen LogP contribution in [0.15, 0.2) is 24.3 Å². The summed E-state index contributed by atoms with van der Waals surface area (Å²) in [4.78, 5) is 0. The first-order chi connectivity index (χ1) is 15.1. The Bertz CT molecular complexity index is 663. The lowest BCUT2D eigenvalue weighted by Crippen LogP contribution is -2.18. The van der Waals surface area contributed by atoms with Gasteiger partial charge in [-0.2, -0.15) is 0 Å². The molecule has 174 valence electrons. The molecule has 0 unspecified atom stereocenters. The molecule has 0 spiro atoms. The highest BCUT2D eigenvalue weighted by molar-refractivity contribution is 6.30. The molecule has 0 aromatic heterocycles. The van der Waals surface area contributed by atoms with Crippen LogP contribution in [0.4, 0.5) is 13.2 Å². The minimum absolute atomic E-state index is 0.246. The second-order valence-electron chi connectivity index (χ2n) is 9.86. The summed E-state index contributed by atoms with van der Waals surface area (Å²) < 4.78 is 39.6. The molecule has 0 radical (unpaired) electrons. The van der Waals surface area contributed by atoms with Crippen molar-refractivity contribution in [1.82, 2.24) is 0 Å². The zero-order valence-corrected chi connectivity index (χ0v) is 19.5. The minimum atomic E-state index is -0.636. The molecule has 31 heavy (non-hydrogen) atoms. The number of unbranched alkanes of at least 4 members (excludes halogenated alkanes) is 1. The number of hydrogen-bond acceptors (Lipinski definition) is 0. The van der Waals surface area contributed by atoms with Crippen LogP contribution in [-0.2, 0) is 0 Å². The monoisotopic (exact) mass is 454 g/mol. The molecule has 1 aromatic rings. The SMILES string of the molecule is FCC/C=C/CCCC1CCC(CCC2CCC(c3cc(F)c(Cl)c(F)c3)CC2)CC1. The van der Waals surface area contributed by atoms with E-state index in [9.17, 15) is 13.2 Å². The molecule has 0 amide bonds. The van der Waals surface area contributed by atoms with E-state index in [2.05, 4.69) is 6.08 Å². The van der Waals surface area contributed by atoms with Crippen molar-refractivity contribution >= 4 is 11.6 Å². The predicted molar refractivity (Wildman–Crippen MR) is 124 cm³/mol. The van der Waals surface area contributed by atoms with E-state index in [1.54, 1.807) is 0 Å². The number of allylic oxidation sites excluding steroid dienone is 2. The van der Waals surface area contributed by atoms with Crippen LogP contribution in [0.1, 0.15) is 101 Å². The summed E-state index contributed by atoms with van der Waals surface area (Å²) >= 11 is 5.62. The smallest absolute Gasteiger partial charge is 0.145 e. The van der Waals surface area contributed by atoms with Gasteiger partial charge < -0.3 is 0 Å². The number of rotatable bonds is 10. The average molecular weight is 455 g/mol. The van der Waals surface area contributed by atoms with E-state index in [1.165, 1.54) is 76.3 Å². The Morgan fingerprint density at radius 2 is 1.23 bits per heavy atom. The Labute approximate surface area is 191 Å². The van der Waals surface area contributed by atoms with Crippen molar-refractivity contribution in [2.24, 2.45) is 17.8 Å². The lowest BCUT2D eigenvalue weighted by molar-refractivity contribution is 0.223. The van der Waals surface area contributed by atoms with Crippen LogP contribution in [0.25, 0.3) is 0 Å². The Hall–Kier alpha value is -0.960. The number of halogens is 4. The molecule has 2 fully saturated rings. The molecule has 0 saturated heterocycles. The predicted octanol–water partition coefficient (Wildman–Crippen LogP) is 9.56. The lowest BCUT2D eigenvalue weighted by atomic mass is 9.74. The van der Waals surface area contributed by atoms with Gasteiger partial charge >= 0.3 is 0 Å². The maximum absolute atomic E-state index is 13.8. The van der Waals surface area contributed by atoms with Gasteiger partial charge in [0.25, 0.3) is 0 Å². The molecule has 0 N–H and O–H groups in total. The van der Waals surface area contributed by atoms with Gasteiger partial charge in [0.2, 0.25) is 0 Å². The van der Waals surface area contributed by atoms with Crippen LogP contribution in [-0.4, -0.2) is 6.67 Å². The van der Waals surface area contributed by atoms with Gasteiger partial charge in [0.1, 0.15) is 16.7 Å². The number of alkyl halides is 1. The maximum atomic E-state index is 13.8. The van der Waals surface area contributed by atoms with Gasteiger partial charge in [0.15, 0.2) is 0 Å². The first-order valence-electron chi connectivity index (χ1n) is 12.4. The maximum Gasteiger partial charge on any atom is 0.145 e. The molecule has 2 aliphatic rings. The molecule has 2 saturated carbocycles. The largest absolute Gasteiger partial charge is 0.251 e. The summed E-state index contributed by atoms with van der Waals surface area (Å²) in [7, 11) is 0. The standard InChI is InChI=1S/C27H38ClF3/c28-27-25(30)18-24(19-26(27)31)23-15-13-22(14-16-23)12-11-21-9-7-20(8-10-21)6-4-2-1-3-5-17-29/h1,3,18-23H,2,4-17H2/b3-1+. The van der Waals surface area contributed by atoms with Gasteiger partial charge in [-0.1, -0.05) is 68.7 Å². The van der Waals surface area contributed by atoms with Crippen molar-refractivity contribution in [2.75, 3.05) is 6.67 Å². The third-order valence-electron chi connectivity index (χ3n) is 7.70. The summed E-state index contributed by atoms with van der Waals surface area (Å²) in [5.74, 6) is 1.54. The molecule has 2 aliphatic carbocycles. The molecule has 4 heteroatoms.